The number of rotatable bonds is 7. The van der Waals surface area contributed by atoms with Gasteiger partial charge in [0, 0.05) is 54.9 Å². The highest BCUT2D eigenvalue weighted by Crippen LogP contribution is 2.48. The third-order valence-electron chi connectivity index (χ3n) is 7.22. The second-order valence-electron chi connectivity index (χ2n) is 9.79. The number of piperazine rings is 1. The average Bonchev–Trinajstić information content (AvgIpc) is 3.16. The topological polar surface area (TPSA) is 76.9 Å². The van der Waals surface area contributed by atoms with Crippen molar-refractivity contribution in [3.8, 4) is 11.1 Å². The van der Waals surface area contributed by atoms with Crippen molar-refractivity contribution < 1.29 is 31.8 Å². The lowest BCUT2D eigenvalue weighted by Crippen LogP contribution is -2.49. The van der Waals surface area contributed by atoms with Gasteiger partial charge in [0.2, 0.25) is 5.91 Å². The Morgan fingerprint density at radius 2 is 1.95 bits per heavy atom. The van der Waals surface area contributed by atoms with Gasteiger partial charge in [-0.2, -0.15) is 18.2 Å². The number of benzene rings is 2. The Morgan fingerprint density at radius 1 is 1.21 bits per heavy atom. The zero-order valence-corrected chi connectivity index (χ0v) is 24.1. The summed E-state index contributed by atoms with van der Waals surface area (Å²) in [6.45, 7) is 5.16. The molecule has 0 saturated carbocycles. The molecule has 0 bridgehead atoms. The Hall–Kier alpha value is -3.13. The second kappa shape index (κ2) is 12.2. The van der Waals surface area contributed by atoms with Crippen LogP contribution in [0.3, 0.4) is 0 Å². The van der Waals surface area contributed by atoms with Gasteiger partial charge in [-0.3, -0.25) is 9.36 Å². The molecule has 0 radical (unpaired) electrons. The van der Waals surface area contributed by atoms with Gasteiger partial charge in [-0.1, -0.05) is 24.2 Å². The standard InChI is InChI=1S/C28H27ClF4N4O4S/c1-3-22(38)35-6-8-36(9-7-35)26-18-13-19(28(31,32)33)23(16-4-5-21(30)20(29)12-16)25-24(18)37(27(39)34-26)14-17(15-42-25)41-11-10-40-2/h3-5,12-13,17H,1,6-11,14-15H2,2H3/t17-/m1/s1. The van der Waals surface area contributed by atoms with E-state index >= 15 is 0 Å². The summed E-state index contributed by atoms with van der Waals surface area (Å²) in [4.78, 5) is 33.4. The first kappa shape index (κ1) is 30.3. The molecule has 0 spiro atoms. The number of halogens is 5. The SMILES string of the molecule is C=CC(=O)N1CCN(c2nc(=O)n3c4c(c(-c5ccc(F)c(Cl)c5)c(C(F)(F)F)cc24)SC[C@H](OCCOC)C3)CC1. The summed E-state index contributed by atoms with van der Waals surface area (Å²) in [5.41, 5.74) is -1.47. The molecule has 224 valence electrons. The minimum absolute atomic E-state index is 0.0585. The fourth-order valence-electron chi connectivity index (χ4n) is 5.21. The van der Waals surface area contributed by atoms with E-state index in [0.29, 0.717) is 6.61 Å². The van der Waals surface area contributed by atoms with Crippen LogP contribution in [0.4, 0.5) is 23.4 Å². The Balaban J connectivity index is 1.75. The van der Waals surface area contributed by atoms with Crippen molar-refractivity contribution >= 4 is 46.0 Å². The van der Waals surface area contributed by atoms with E-state index in [-0.39, 0.29) is 88.8 Å². The third kappa shape index (κ3) is 5.87. The van der Waals surface area contributed by atoms with Crippen LogP contribution in [0.15, 0.2) is 46.6 Å². The van der Waals surface area contributed by atoms with Gasteiger partial charge in [0.15, 0.2) is 0 Å². The number of carbonyl (C=O) groups is 1. The van der Waals surface area contributed by atoms with Gasteiger partial charge < -0.3 is 19.3 Å². The van der Waals surface area contributed by atoms with Crippen LogP contribution in [0.2, 0.25) is 5.02 Å². The van der Waals surface area contributed by atoms with Crippen LogP contribution in [0.25, 0.3) is 22.0 Å². The molecule has 0 N–H and O–H groups in total. The summed E-state index contributed by atoms with van der Waals surface area (Å²) in [5.74, 6) is -0.682. The van der Waals surface area contributed by atoms with Crippen molar-refractivity contribution in [1.29, 1.82) is 0 Å². The number of alkyl halides is 3. The van der Waals surface area contributed by atoms with Crippen LogP contribution < -0.4 is 10.6 Å². The van der Waals surface area contributed by atoms with Gasteiger partial charge >= 0.3 is 11.9 Å². The number of ether oxygens (including phenoxy) is 2. The number of aromatic nitrogens is 2. The van der Waals surface area contributed by atoms with E-state index in [1.54, 1.807) is 9.80 Å². The summed E-state index contributed by atoms with van der Waals surface area (Å²) in [6, 6.07) is 4.41. The monoisotopic (exact) mass is 626 g/mol. The lowest BCUT2D eigenvalue weighted by atomic mass is 9.96. The lowest BCUT2D eigenvalue weighted by Gasteiger charge is -2.35. The number of amides is 1. The summed E-state index contributed by atoms with van der Waals surface area (Å²) in [6.07, 6.45) is -4.14. The minimum atomic E-state index is -4.81. The molecule has 3 heterocycles. The maximum absolute atomic E-state index is 14.8. The predicted molar refractivity (Wildman–Crippen MR) is 153 cm³/mol. The maximum atomic E-state index is 14.8. The van der Waals surface area contributed by atoms with Crippen LogP contribution in [-0.4, -0.2) is 78.7 Å². The normalized spacial score (nSPS) is 17.4. The molecule has 3 aromatic rings. The van der Waals surface area contributed by atoms with E-state index in [9.17, 15) is 27.2 Å². The average molecular weight is 627 g/mol. The number of anilines is 1. The first-order chi connectivity index (χ1) is 20.0. The number of thioether (sulfide) groups is 1. The van der Waals surface area contributed by atoms with Crippen LogP contribution in [-0.2, 0) is 27.0 Å². The zero-order chi connectivity index (χ0) is 30.2. The second-order valence-corrected chi connectivity index (χ2v) is 11.2. The zero-order valence-electron chi connectivity index (χ0n) is 22.5. The Morgan fingerprint density at radius 3 is 2.60 bits per heavy atom. The first-order valence-corrected chi connectivity index (χ1v) is 14.4. The maximum Gasteiger partial charge on any atom is 0.417 e. The molecule has 2 aliphatic heterocycles. The number of nitrogens with zero attached hydrogens (tertiary/aromatic N) is 4. The molecule has 1 saturated heterocycles. The van der Waals surface area contributed by atoms with Crippen LogP contribution >= 0.6 is 23.4 Å². The molecule has 2 aliphatic rings. The Kier molecular flexibility index (Phi) is 8.83. The van der Waals surface area contributed by atoms with Crippen molar-refractivity contribution in [2.24, 2.45) is 0 Å². The number of methoxy groups -OCH3 is 1. The van der Waals surface area contributed by atoms with E-state index in [2.05, 4.69) is 11.6 Å². The Bertz CT molecular complexity index is 1590. The van der Waals surface area contributed by atoms with E-state index in [1.807, 2.05) is 0 Å². The minimum Gasteiger partial charge on any atom is -0.382 e. The van der Waals surface area contributed by atoms with Crippen molar-refractivity contribution in [3.63, 3.8) is 0 Å². The van der Waals surface area contributed by atoms with Crippen molar-refractivity contribution in [3.05, 3.63) is 63.8 Å². The van der Waals surface area contributed by atoms with E-state index in [4.69, 9.17) is 21.1 Å². The molecule has 1 atom stereocenters. The van der Waals surface area contributed by atoms with E-state index in [0.717, 1.165) is 30.0 Å². The van der Waals surface area contributed by atoms with Crippen molar-refractivity contribution in [2.75, 3.05) is 57.2 Å². The Labute approximate surface area is 247 Å². The fourth-order valence-corrected chi connectivity index (χ4v) is 6.67. The van der Waals surface area contributed by atoms with Gasteiger partial charge in [-0.25, -0.2) is 9.18 Å². The molecule has 0 unspecified atom stereocenters. The fraction of sp³-hybridized carbons (Fsp3) is 0.393. The summed E-state index contributed by atoms with van der Waals surface area (Å²) < 4.78 is 70.7. The molecule has 14 heteroatoms. The quantitative estimate of drug-likeness (QED) is 0.211. The van der Waals surface area contributed by atoms with E-state index in [1.165, 1.54) is 23.8 Å². The lowest BCUT2D eigenvalue weighted by molar-refractivity contribution is -0.137. The molecule has 2 aromatic carbocycles. The van der Waals surface area contributed by atoms with Crippen LogP contribution in [0.1, 0.15) is 5.56 Å². The largest absolute Gasteiger partial charge is 0.417 e. The first-order valence-electron chi connectivity index (χ1n) is 13.1. The van der Waals surface area contributed by atoms with Crippen LogP contribution in [0, 0.1) is 5.82 Å². The number of hydrogen-bond donors (Lipinski definition) is 0. The molecule has 0 aliphatic carbocycles. The van der Waals surface area contributed by atoms with Gasteiger partial charge in [-0.05, 0) is 29.8 Å². The highest BCUT2D eigenvalue weighted by atomic mass is 35.5. The van der Waals surface area contributed by atoms with Gasteiger partial charge in [0.05, 0.1) is 42.0 Å². The number of carbonyl (C=O) groups excluding carboxylic acids is 1. The molecule has 42 heavy (non-hydrogen) atoms. The molecule has 1 aromatic heterocycles. The molecule has 1 fully saturated rings. The van der Waals surface area contributed by atoms with E-state index < -0.39 is 29.4 Å². The molecular weight excluding hydrogens is 600 g/mol. The third-order valence-corrected chi connectivity index (χ3v) is 8.73. The summed E-state index contributed by atoms with van der Waals surface area (Å²) >= 11 is 7.14. The number of hydrogen-bond acceptors (Lipinski definition) is 7. The van der Waals surface area contributed by atoms with Gasteiger partial charge in [0.25, 0.3) is 0 Å². The van der Waals surface area contributed by atoms with Crippen LogP contribution in [0.5, 0.6) is 0 Å². The van der Waals surface area contributed by atoms with Crippen molar-refractivity contribution in [1.82, 2.24) is 14.5 Å². The molecule has 8 nitrogen and oxygen atoms in total. The highest BCUT2D eigenvalue weighted by molar-refractivity contribution is 7.99. The molecule has 1 amide bonds. The van der Waals surface area contributed by atoms with Crippen molar-refractivity contribution in [2.45, 2.75) is 23.7 Å². The summed E-state index contributed by atoms with van der Waals surface area (Å²) in [5, 5.41) is -0.186. The molecular formula is C28H27ClF4N4O4S. The molecule has 5 rings (SSSR count). The predicted octanol–water partition coefficient (Wildman–Crippen LogP) is 4.85. The highest BCUT2D eigenvalue weighted by Gasteiger charge is 2.39. The van der Waals surface area contributed by atoms with Gasteiger partial charge in [0.1, 0.15) is 11.6 Å². The summed E-state index contributed by atoms with van der Waals surface area (Å²) in [7, 11) is 1.52. The van der Waals surface area contributed by atoms with Gasteiger partial charge in [-0.15, -0.1) is 11.8 Å². The smallest absolute Gasteiger partial charge is 0.382 e.